The number of halogens is 2. The van der Waals surface area contributed by atoms with Crippen molar-refractivity contribution in [2.75, 3.05) is 26.2 Å². The van der Waals surface area contributed by atoms with Crippen molar-refractivity contribution < 1.29 is 0 Å². The molecule has 2 nitrogen and oxygen atoms in total. The van der Waals surface area contributed by atoms with Crippen molar-refractivity contribution in [3.05, 3.63) is 33.8 Å². The molecule has 0 spiro atoms. The Morgan fingerprint density at radius 3 is 2.89 bits per heavy atom. The topological polar surface area (TPSA) is 15.3 Å². The van der Waals surface area contributed by atoms with E-state index in [1.54, 1.807) is 6.07 Å². The second kappa shape index (κ2) is 6.76. The van der Waals surface area contributed by atoms with E-state index in [1.165, 1.54) is 26.1 Å². The number of nitrogens with one attached hydrogen (secondary N) is 1. The zero-order valence-corrected chi connectivity index (χ0v) is 12.3. The minimum Gasteiger partial charge on any atom is -0.312 e. The fourth-order valence-corrected chi connectivity index (χ4v) is 2.92. The third kappa shape index (κ3) is 3.86. The highest BCUT2D eigenvalue weighted by atomic mass is 35.5. The molecule has 0 aromatic heterocycles. The van der Waals surface area contributed by atoms with Crippen LogP contribution < -0.4 is 5.32 Å². The standard InChI is InChI=1S/C14H20Cl2N2/c1-2-18-6-5-11(10-18)8-17-9-12-3-4-13(15)7-14(12)16/h3-4,7,11,17H,2,5-6,8-10H2,1H3. The van der Waals surface area contributed by atoms with Gasteiger partial charge in [0.1, 0.15) is 0 Å². The zero-order chi connectivity index (χ0) is 13.0. The number of rotatable bonds is 5. The molecule has 4 heteroatoms. The molecule has 0 saturated carbocycles. The van der Waals surface area contributed by atoms with Crippen LogP contribution >= 0.6 is 23.2 Å². The Balaban J connectivity index is 1.75. The number of benzene rings is 1. The van der Waals surface area contributed by atoms with Crippen LogP contribution in [-0.2, 0) is 6.54 Å². The molecule has 1 aliphatic rings. The number of hydrogen-bond donors (Lipinski definition) is 1. The molecule has 1 heterocycles. The molecule has 0 amide bonds. The molecular formula is C14H20Cl2N2. The van der Waals surface area contributed by atoms with Crippen molar-refractivity contribution in [1.82, 2.24) is 10.2 Å². The van der Waals surface area contributed by atoms with Crippen molar-refractivity contribution in [3.63, 3.8) is 0 Å². The lowest BCUT2D eigenvalue weighted by atomic mass is 10.1. The van der Waals surface area contributed by atoms with Gasteiger partial charge in [-0.1, -0.05) is 36.2 Å². The molecule has 100 valence electrons. The van der Waals surface area contributed by atoms with Crippen LogP contribution in [0, 0.1) is 5.92 Å². The third-order valence-corrected chi connectivity index (χ3v) is 4.17. The Morgan fingerprint density at radius 2 is 2.22 bits per heavy atom. The first kappa shape index (κ1) is 14.1. The average Bonchev–Trinajstić information content (AvgIpc) is 2.80. The fourth-order valence-electron chi connectivity index (χ4n) is 2.44. The molecule has 1 aliphatic heterocycles. The molecule has 1 fully saturated rings. The highest BCUT2D eigenvalue weighted by Crippen LogP contribution is 2.21. The maximum atomic E-state index is 6.14. The minimum absolute atomic E-state index is 0.693. The lowest BCUT2D eigenvalue weighted by Gasteiger charge is -2.14. The van der Waals surface area contributed by atoms with Gasteiger partial charge in [-0.3, -0.25) is 0 Å². The normalized spacial score (nSPS) is 20.5. The largest absolute Gasteiger partial charge is 0.312 e. The first-order valence-electron chi connectivity index (χ1n) is 6.56. The summed E-state index contributed by atoms with van der Waals surface area (Å²) < 4.78 is 0. The van der Waals surface area contributed by atoms with E-state index in [0.29, 0.717) is 5.02 Å². The summed E-state index contributed by atoms with van der Waals surface area (Å²) in [4.78, 5) is 2.50. The second-order valence-electron chi connectivity index (χ2n) is 4.91. The fraction of sp³-hybridized carbons (Fsp3) is 0.571. The summed E-state index contributed by atoms with van der Waals surface area (Å²) in [6, 6.07) is 5.68. The Labute approximate surface area is 119 Å². The van der Waals surface area contributed by atoms with Crippen molar-refractivity contribution in [2.45, 2.75) is 19.9 Å². The lowest BCUT2D eigenvalue weighted by molar-refractivity contribution is 0.339. The van der Waals surface area contributed by atoms with E-state index < -0.39 is 0 Å². The quantitative estimate of drug-likeness (QED) is 0.892. The average molecular weight is 287 g/mol. The summed E-state index contributed by atoms with van der Waals surface area (Å²) in [6.07, 6.45) is 1.30. The Morgan fingerprint density at radius 1 is 1.39 bits per heavy atom. The van der Waals surface area contributed by atoms with Crippen LogP contribution in [0.5, 0.6) is 0 Å². The number of likely N-dealkylation sites (tertiary alicyclic amines) is 1. The summed E-state index contributed by atoms with van der Waals surface area (Å²) in [6.45, 7) is 7.74. The Bertz CT molecular complexity index is 395. The van der Waals surface area contributed by atoms with E-state index >= 15 is 0 Å². The SMILES string of the molecule is CCN1CCC(CNCc2ccc(Cl)cc2Cl)C1. The third-order valence-electron chi connectivity index (χ3n) is 3.58. The van der Waals surface area contributed by atoms with E-state index in [0.717, 1.165) is 29.6 Å². The maximum absolute atomic E-state index is 6.14. The highest BCUT2D eigenvalue weighted by Gasteiger charge is 2.20. The summed E-state index contributed by atoms with van der Waals surface area (Å²) in [7, 11) is 0. The molecule has 1 unspecified atom stereocenters. The lowest BCUT2D eigenvalue weighted by Crippen LogP contribution is -2.26. The molecule has 1 saturated heterocycles. The summed E-state index contributed by atoms with van der Waals surface area (Å²) in [5, 5.41) is 4.93. The highest BCUT2D eigenvalue weighted by molar-refractivity contribution is 6.35. The van der Waals surface area contributed by atoms with E-state index in [2.05, 4.69) is 17.1 Å². The van der Waals surface area contributed by atoms with Gasteiger partial charge in [-0.25, -0.2) is 0 Å². The molecule has 0 radical (unpaired) electrons. The van der Waals surface area contributed by atoms with E-state index in [-0.39, 0.29) is 0 Å². The molecule has 1 atom stereocenters. The van der Waals surface area contributed by atoms with Crippen LogP contribution in [0.2, 0.25) is 10.0 Å². The predicted molar refractivity (Wildman–Crippen MR) is 78.4 cm³/mol. The second-order valence-corrected chi connectivity index (χ2v) is 5.76. The Kier molecular flexibility index (Phi) is 5.31. The van der Waals surface area contributed by atoms with Crippen LogP contribution in [0.3, 0.4) is 0 Å². The summed E-state index contributed by atoms with van der Waals surface area (Å²) in [5.41, 5.74) is 1.12. The van der Waals surface area contributed by atoms with Crippen LogP contribution in [-0.4, -0.2) is 31.1 Å². The first-order chi connectivity index (χ1) is 8.69. The number of hydrogen-bond acceptors (Lipinski definition) is 2. The predicted octanol–water partition coefficient (Wildman–Crippen LogP) is 3.42. The van der Waals surface area contributed by atoms with Crippen molar-refractivity contribution in [2.24, 2.45) is 5.92 Å². The first-order valence-corrected chi connectivity index (χ1v) is 7.31. The summed E-state index contributed by atoms with van der Waals surface area (Å²) >= 11 is 12.0. The smallest absolute Gasteiger partial charge is 0.0465 e. The molecule has 2 rings (SSSR count). The van der Waals surface area contributed by atoms with Gasteiger partial charge >= 0.3 is 0 Å². The molecule has 0 bridgehead atoms. The van der Waals surface area contributed by atoms with Crippen LogP contribution in [0.15, 0.2) is 18.2 Å². The van der Waals surface area contributed by atoms with Crippen molar-refractivity contribution in [1.29, 1.82) is 0 Å². The van der Waals surface area contributed by atoms with E-state index in [9.17, 15) is 0 Å². The molecule has 0 aliphatic carbocycles. The van der Waals surface area contributed by atoms with Crippen LogP contribution in [0.4, 0.5) is 0 Å². The monoisotopic (exact) mass is 286 g/mol. The van der Waals surface area contributed by atoms with Crippen LogP contribution in [0.25, 0.3) is 0 Å². The molecule has 18 heavy (non-hydrogen) atoms. The van der Waals surface area contributed by atoms with E-state index in [1.807, 2.05) is 12.1 Å². The molecule has 1 aromatic rings. The van der Waals surface area contributed by atoms with Gasteiger partial charge < -0.3 is 10.2 Å². The molecule has 1 aromatic carbocycles. The van der Waals surface area contributed by atoms with Crippen LogP contribution in [0.1, 0.15) is 18.9 Å². The van der Waals surface area contributed by atoms with Crippen molar-refractivity contribution in [3.8, 4) is 0 Å². The van der Waals surface area contributed by atoms with Gasteiger partial charge in [-0.05, 0) is 49.7 Å². The number of nitrogens with zero attached hydrogens (tertiary/aromatic N) is 1. The minimum atomic E-state index is 0.693. The van der Waals surface area contributed by atoms with Crippen molar-refractivity contribution >= 4 is 23.2 Å². The molecule has 1 N–H and O–H groups in total. The molecular weight excluding hydrogens is 267 g/mol. The maximum Gasteiger partial charge on any atom is 0.0465 e. The van der Waals surface area contributed by atoms with Gasteiger partial charge in [0.15, 0.2) is 0 Å². The van der Waals surface area contributed by atoms with Gasteiger partial charge in [-0.15, -0.1) is 0 Å². The Hall–Kier alpha value is -0.280. The van der Waals surface area contributed by atoms with Gasteiger partial charge in [0.25, 0.3) is 0 Å². The zero-order valence-electron chi connectivity index (χ0n) is 10.8. The van der Waals surface area contributed by atoms with Gasteiger partial charge in [0, 0.05) is 23.1 Å². The summed E-state index contributed by atoms with van der Waals surface area (Å²) in [5.74, 6) is 0.774. The van der Waals surface area contributed by atoms with Gasteiger partial charge in [0.2, 0.25) is 0 Å². The van der Waals surface area contributed by atoms with Gasteiger partial charge in [0.05, 0.1) is 0 Å². The van der Waals surface area contributed by atoms with E-state index in [4.69, 9.17) is 23.2 Å². The van der Waals surface area contributed by atoms with Gasteiger partial charge in [-0.2, -0.15) is 0 Å².